The van der Waals surface area contributed by atoms with Crippen molar-refractivity contribution in [3.63, 3.8) is 0 Å². The molecule has 0 bridgehead atoms. The Morgan fingerprint density at radius 2 is 1.89 bits per heavy atom. The molecule has 94 valence electrons. The van der Waals surface area contributed by atoms with E-state index in [1.165, 1.54) is 18.2 Å². The van der Waals surface area contributed by atoms with Crippen LogP contribution in [0.5, 0.6) is 11.5 Å². The maximum absolute atomic E-state index is 13.1. The Hall–Kier alpha value is -1.42. The van der Waals surface area contributed by atoms with Crippen LogP contribution in [-0.4, -0.2) is 0 Å². The molecule has 0 aliphatic heterocycles. The number of rotatable bonds is 3. The van der Waals surface area contributed by atoms with Gasteiger partial charge in [0.25, 0.3) is 0 Å². The lowest BCUT2D eigenvalue weighted by atomic mass is 10.2. The molecule has 0 aliphatic rings. The first-order chi connectivity index (χ1) is 8.60. The van der Waals surface area contributed by atoms with Gasteiger partial charge < -0.3 is 4.74 Å². The van der Waals surface area contributed by atoms with E-state index in [9.17, 15) is 8.78 Å². The van der Waals surface area contributed by atoms with Crippen LogP contribution in [0.25, 0.3) is 0 Å². The van der Waals surface area contributed by atoms with Gasteiger partial charge in [0.2, 0.25) is 0 Å². The summed E-state index contributed by atoms with van der Waals surface area (Å²) in [7, 11) is 0. The van der Waals surface area contributed by atoms with E-state index in [2.05, 4.69) is 15.9 Å². The minimum Gasteiger partial charge on any atom is -0.457 e. The minimum atomic E-state index is -0.313. The summed E-state index contributed by atoms with van der Waals surface area (Å²) >= 11 is 3.28. The Bertz CT molecular complexity index is 570. The molecule has 0 saturated carbocycles. The van der Waals surface area contributed by atoms with Crippen LogP contribution in [0.3, 0.4) is 0 Å². The summed E-state index contributed by atoms with van der Waals surface area (Å²) in [5.41, 5.74) is 1.21. The van der Waals surface area contributed by atoms with E-state index < -0.39 is 0 Å². The predicted molar refractivity (Wildman–Crippen MR) is 70.2 cm³/mol. The van der Waals surface area contributed by atoms with Crippen molar-refractivity contribution < 1.29 is 13.5 Å². The Morgan fingerprint density at radius 3 is 2.56 bits per heavy atom. The maximum atomic E-state index is 13.1. The SMILES string of the molecule is Cc1cc(Oc2ccc(F)cc2CBr)ccc1F. The van der Waals surface area contributed by atoms with E-state index in [0.717, 1.165) is 0 Å². The highest BCUT2D eigenvalue weighted by molar-refractivity contribution is 9.08. The molecule has 0 N–H and O–H groups in total. The maximum Gasteiger partial charge on any atom is 0.131 e. The van der Waals surface area contributed by atoms with Crippen molar-refractivity contribution in [2.75, 3.05) is 0 Å². The lowest BCUT2D eigenvalue weighted by Gasteiger charge is -2.10. The first-order valence-corrected chi connectivity index (χ1v) is 6.50. The van der Waals surface area contributed by atoms with Gasteiger partial charge in [-0.2, -0.15) is 0 Å². The van der Waals surface area contributed by atoms with Gasteiger partial charge in [-0.1, -0.05) is 15.9 Å². The Morgan fingerprint density at radius 1 is 1.11 bits per heavy atom. The number of hydrogen-bond donors (Lipinski definition) is 0. The normalized spacial score (nSPS) is 10.4. The molecule has 0 atom stereocenters. The average Bonchev–Trinajstić information content (AvgIpc) is 2.36. The van der Waals surface area contributed by atoms with Gasteiger partial charge in [-0.05, 0) is 48.9 Å². The number of hydrogen-bond acceptors (Lipinski definition) is 1. The van der Waals surface area contributed by atoms with Crippen LogP contribution < -0.4 is 4.74 Å². The Kier molecular flexibility index (Phi) is 3.97. The van der Waals surface area contributed by atoms with E-state index in [1.807, 2.05) is 0 Å². The van der Waals surface area contributed by atoms with Gasteiger partial charge in [0.1, 0.15) is 23.1 Å². The summed E-state index contributed by atoms with van der Waals surface area (Å²) in [6.07, 6.45) is 0. The lowest BCUT2D eigenvalue weighted by molar-refractivity contribution is 0.473. The van der Waals surface area contributed by atoms with E-state index in [0.29, 0.717) is 28.0 Å². The summed E-state index contributed by atoms with van der Waals surface area (Å²) in [6, 6.07) is 8.80. The fourth-order valence-electron chi connectivity index (χ4n) is 1.56. The Labute approximate surface area is 113 Å². The quantitative estimate of drug-likeness (QED) is 0.728. The first-order valence-electron chi connectivity index (χ1n) is 5.38. The third-order valence-electron chi connectivity index (χ3n) is 2.52. The molecule has 1 nitrogen and oxygen atoms in total. The van der Waals surface area contributed by atoms with Crippen molar-refractivity contribution in [1.82, 2.24) is 0 Å². The molecule has 18 heavy (non-hydrogen) atoms. The molecule has 0 unspecified atom stereocenters. The molecule has 0 saturated heterocycles. The van der Waals surface area contributed by atoms with Gasteiger partial charge in [-0.3, -0.25) is 0 Å². The second kappa shape index (κ2) is 5.48. The van der Waals surface area contributed by atoms with Crippen molar-refractivity contribution in [3.05, 3.63) is 59.2 Å². The molecule has 0 amide bonds. The molecular formula is C14H11BrF2O. The third kappa shape index (κ3) is 2.88. The van der Waals surface area contributed by atoms with Gasteiger partial charge in [-0.25, -0.2) is 8.78 Å². The van der Waals surface area contributed by atoms with Gasteiger partial charge in [0.15, 0.2) is 0 Å². The largest absolute Gasteiger partial charge is 0.457 e. The second-order valence-electron chi connectivity index (χ2n) is 3.90. The lowest BCUT2D eigenvalue weighted by Crippen LogP contribution is -1.92. The van der Waals surface area contributed by atoms with Crippen LogP contribution in [0.2, 0.25) is 0 Å². The highest BCUT2D eigenvalue weighted by atomic mass is 79.9. The van der Waals surface area contributed by atoms with Gasteiger partial charge in [0.05, 0.1) is 0 Å². The first kappa shape index (κ1) is 13.0. The van der Waals surface area contributed by atoms with Crippen LogP contribution in [-0.2, 0) is 5.33 Å². The molecule has 0 fully saturated rings. The van der Waals surface area contributed by atoms with Crippen molar-refractivity contribution >= 4 is 15.9 Å². The van der Waals surface area contributed by atoms with E-state index >= 15 is 0 Å². The Balaban J connectivity index is 2.30. The fraction of sp³-hybridized carbons (Fsp3) is 0.143. The second-order valence-corrected chi connectivity index (χ2v) is 4.46. The minimum absolute atomic E-state index is 0.276. The van der Waals surface area contributed by atoms with Gasteiger partial charge >= 0.3 is 0 Å². The molecule has 4 heteroatoms. The zero-order valence-electron chi connectivity index (χ0n) is 9.71. The summed E-state index contributed by atoms with van der Waals surface area (Å²) in [5, 5.41) is 0.486. The van der Waals surface area contributed by atoms with Gasteiger partial charge in [-0.15, -0.1) is 0 Å². The smallest absolute Gasteiger partial charge is 0.131 e. The molecular weight excluding hydrogens is 302 g/mol. The van der Waals surface area contributed by atoms with Crippen LogP contribution in [0.1, 0.15) is 11.1 Å². The van der Waals surface area contributed by atoms with Gasteiger partial charge in [0, 0.05) is 10.9 Å². The van der Waals surface area contributed by atoms with E-state index in [-0.39, 0.29) is 11.6 Å². The zero-order chi connectivity index (χ0) is 13.1. The highest BCUT2D eigenvalue weighted by Gasteiger charge is 2.07. The summed E-state index contributed by atoms with van der Waals surface area (Å²) in [5.74, 6) is 0.497. The van der Waals surface area contributed by atoms with E-state index in [4.69, 9.17) is 4.74 Å². The summed E-state index contributed by atoms with van der Waals surface area (Å²) in [6.45, 7) is 1.66. The zero-order valence-corrected chi connectivity index (χ0v) is 11.3. The number of ether oxygens (including phenoxy) is 1. The number of aryl methyl sites for hydroxylation is 1. The number of alkyl halides is 1. The fourth-order valence-corrected chi connectivity index (χ4v) is 2.00. The standard InChI is InChI=1S/C14H11BrF2O/c1-9-6-12(3-4-13(9)17)18-14-5-2-11(16)7-10(14)8-15/h2-7H,8H2,1H3. The molecule has 0 heterocycles. The number of benzene rings is 2. The van der Waals surface area contributed by atoms with Crippen LogP contribution >= 0.6 is 15.9 Å². The molecule has 0 radical (unpaired) electrons. The monoisotopic (exact) mass is 312 g/mol. The van der Waals surface area contributed by atoms with E-state index in [1.54, 1.807) is 25.1 Å². The summed E-state index contributed by atoms with van der Waals surface area (Å²) < 4.78 is 31.8. The van der Waals surface area contributed by atoms with Crippen LogP contribution in [0.4, 0.5) is 8.78 Å². The molecule has 0 aromatic heterocycles. The average molecular weight is 313 g/mol. The molecule has 0 aliphatic carbocycles. The highest BCUT2D eigenvalue weighted by Crippen LogP contribution is 2.28. The van der Waals surface area contributed by atoms with Crippen molar-refractivity contribution in [2.24, 2.45) is 0 Å². The number of halogens is 3. The third-order valence-corrected chi connectivity index (χ3v) is 3.13. The molecule has 2 aromatic rings. The predicted octanol–water partition coefficient (Wildman–Crippen LogP) is 4.96. The van der Waals surface area contributed by atoms with Crippen molar-refractivity contribution in [2.45, 2.75) is 12.3 Å². The molecule has 0 spiro atoms. The molecule has 2 aromatic carbocycles. The van der Waals surface area contributed by atoms with Crippen LogP contribution in [0.15, 0.2) is 36.4 Å². The van der Waals surface area contributed by atoms with Crippen molar-refractivity contribution in [3.8, 4) is 11.5 Å². The van der Waals surface area contributed by atoms with Crippen LogP contribution in [0, 0.1) is 18.6 Å². The summed E-state index contributed by atoms with van der Waals surface area (Å²) in [4.78, 5) is 0. The molecule has 2 rings (SSSR count). The van der Waals surface area contributed by atoms with Crippen molar-refractivity contribution in [1.29, 1.82) is 0 Å². The topological polar surface area (TPSA) is 9.23 Å².